The summed E-state index contributed by atoms with van der Waals surface area (Å²) in [5.41, 5.74) is 3.83. The molecule has 4 N–H and O–H groups in total. The van der Waals surface area contributed by atoms with Crippen molar-refractivity contribution in [3.05, 3.63) is 23.4 Å². The van der Waals surface area contributed by atoms with Gasteiger partial charge in [0.25, 0.3) is 5.91 Å². The van der Waals surface area contributed by atoms with Crippen LogP contribution in [0.2, 0.25) is 0 Å². The summed E-state index contributed by atoms with van der Waals surface area (Å²) in [6, 6.07) is 1.67. The van der Waals surface area contributed by atoms with E-state index in [9.17, 15) is 23.1 Å². The van der Waals surface area contributed by atoms with Gasteiger partial charge in [-0.1, -0.05) is 0 Å². The molecular formula is C12H14F3N3O2. The molecule has 8 heteroatoms. The largest absolute Gasteiger partial charge is 0.433 e. The second kappa shape index (κ2) is 5.28. The quantitative estimate of drug-likeness (QED) is 0.764. The number of primary amides is 1. The minimum Gasteiger partial charge on any atom is -0.391 e. The molecule has 5 nitrogen and oxygen atoms in total. The summed E-state index contributed by atoms with van der Waals surface area (Å²) in [4.78, 5) is 14.5. The van der Waals surface area contributed by atoms with Gasteiger partial charge in [-0.2, -0.15) is 13.2 Å². The molecule has 0 aliphatic heterocycles. The predicted octanol–water partition coefficient (Wildman–Crippen LogP) is 1.38. The molecule has 110 valence electrons. The van der Waals surface area contributed by atoms with Gasteiger partial charge in [0.2, 0.25) is 0 Å². The molecule has 2 rings (SSSR count). The van der Waals surface area contributed by atoms with Gasteiger partial charge in [0, 0.05) is 6.54 Å². The lowest BCUT2D eigenvalue weighted by Crippen LogP contribution is -2.25. The summed E-state index contributed by atoms with van der Waals surface area (Å²) >= 11 is 0. The highest BCUT2D eigenvalue weighted by Gasteiger charge is 2.34. The van der Waals surface area contributed by atoms with Crippen LogP contribution >= 0.6 is 0 Å². The van der Waals surface area contributed by atoms with E-state index in [4.69, 9.17) is 5.73 Å². The summed E-state index contributed by atoms with van der Waals surface area (Å²) < 4.78 is 37.7. The summed E-state index contributed by atoms with van der Waals surface area (Å²) in [5.74, 6) is -0.980. The first-order chi connectivity index (χ1) is 9.29. The van der Waals surface area contributed by atoms with Crippen molar-refractivity contribution in [3.63, 3.8) is 0 Å². The molecule has 1 atom stereocenters. The highest BCUT2D eigenvalue weighted by atomic mass is 19.4. The van der Waals surface area contributed by atoms with Crippen molar-refractivity contribution in [2.45, 2.75) is 25.1 Å². The zero-order valence-corrected chi connectivity index (χ0v) is 10.4. The second-order valence-electron chi connectivity index (χ2n) is 4.74. The molecule has 1 amide bonds. The fraction of sp³-hybridized carbons (Fsp3) is 0.500. The maximum absolute atomic E-state index is 12.6. The van der Waals surface area contributed by atoms with Crippen LogP contribution in [0.4, 0.5) is 19.0 Å². The van der Waals surface area contributed by atoms with Crippen LogP contribution < -0.4 is 11.1 Å². The first kappa shape index (κ1) is 14.6. The van der Waals surface area contributed by atoms with Gasteiger partial charge in [0.15, 0.2) is 0 Å². The maximum Gasteiger partial charge on any atom is 0.433 e. The molecule has 0 aromatic carbocycles. The van der Waals surface area contributed by atoms with Crippen molar-refractivity contribution >= 4 is 11.7 Å². The van der Waals surface area contributed by atoms with Crippen LogP contribution in [0.25, 0.3) is 0 Å². The Morgan fingerprint density at radius 1 is 1.50 bits per heavy atom. The zero-order valence-electron chi connectivity index (χ0n) is 10.4. The van der Waals surface area contributed by atoms with Crippen LogP contribution in [0.15, 0.2) is 12.1 Å². The van der Waals surface area contributed by atoms with Crippen molar-refractivity contribution in [2.24, 2.45) is 11.7 Å². The van der Waals surface area contributed by atoms with Crippen LogP contribution in [-0.4, -0.2) is 28.6 Å². The molecular weight excluding hydrogens is 275 g/mol. The molecule has 20 heavy (non-hydrogen) atoms. The van der Waals surface area contributed by atoms with Crippen molar-refractivity contribution in [3.8, 4) is 0 Å². The Balaban J connectivity index is 2.19. The van der Waals surface area contributed by atoms with Gasteiger partial charge in [-0.3, -0.25) is 4.79 Å². The maximum atomic E-state index is 12.6. The average molecular weight is 289 g/mol. The molecule has 1 saturated carbocycles. The van der Waals surface area contributed by atoms with Crippen LogP contribution in [-0.2, 0) is 6.18 Å². The van der Waals surface area contributed by atoms with E-state index in [2.05, 4.69) is 10.3 Å². The van der Waals surface area contributed by atoms with Crippen molar-refractivity contribution < 1.29 is 23.1 Å². The van der Waals surface area contributed by atoms with E-state index in [1.165, 1.54) is 0 Å². The molecule has 1 aliphatic rings. The Hall–Kier alpha value is -1.83. The number of carbonyl (C=O) groups is 1. The minimum atomic E-state index is -4.61. The van der Waals surface area contributed by atoms with Gasteiger partial charge in [0.1, 0.15) is 11.5 Å². The van der Waals surface area contributed by atoms with Gasteiger partial charge in [-0.25, -0.2) is 4.98 Å². The molecule has 1 unspecified atom stereocenters. The Kier molecular flexibility index (Phi) is 3.85. The lowest BCUT2D eigenvalue weighted by atomic mass is 10.2. The number of carbonyl (C=O) groups excluding carboxylic acids is 1. The number of nitrogens with one attached hydrogen (secondary N) is 1. The summed E-state index contributed by atoms with van der Waals surface area (Å²) in [5, 5.41) is 12.2. The molecule has 0 spiro atoms. The van der Waals surface area contributed by atoms with E-state index in [-0.39, 0.29) is 23.8 Å². The van der Waals surface area contributed by atoms with E-state index in [1.54, 1.807) is 0 Å². The number of aromatic nitrogens is 1. The highest BCUT2D eigenvalue weighted by molar-refractivity contribution is 5.97. The van der Waals surface area contributed by atoms with Crippen LogP contribution in [0.3, 0.4) is 0 Å². The number of amides is 1. The van der Waals surface area contributed by atoms with Crippen molar-refractivity contribution in [2.75, 3.05) is 11.9 Å². The van der Waals surface area contributed by atoms with E-state index in [0.29, 0.717) is 6.07 Å². The summed E-state index contributed by atoms with van der Waals surface area (Å²) in [6.07, 6.45) is -3.50. The summed E-state index contributed by atoms with van der Waals surface area (Å²) in [6.45, 7) is 0.0270. The first-order valence-electron chi connectivity index (χ1n) is 6.09. The molecule has 0 bridgehead atoms. The number of anilines is 1. The Morgan fingerprint density at radius 2 is 2.15 bits per heavy atom. The molecule has 1 aromatic rings. The smallest absolute Gasteiger partial charge is 0.391 e. The second-order valence-corrected chi connectivity index (χ2v) is 4.74. The Bertz CT molecular complexity index is 515. The van der Waals surface area contributed by atoms with Crippen LogP contribution in [0.5, 0.6) is 0 Å². The van der Waals surface area contributed by atoms with Gasteiger partial charge >= 0.3 is 6.18 Å². The Labute approximate surface area is 113 Å². The predicted molar refractivity (Wildman–Crippen MR) is 65.0 cm³/mol. The standard InChI is InChI=1S/C12H14F3N3O2/c13-12(14,15)9-4-3-7(10(16)20)11(18-9)17-5-8(19)6-1-2-6/h3-4,6,8,19H,1-2,5H2,(H2,16,20)(H,17,18). The van der Waals surface area contributed by atoms with Crippen LogP contribution in [0.1, 0.15) is 28.9 Å². The summed E-state index contributed by atoms with van der Waals surface area (Å²) in [7, 11) is 0. The topological polar surface area (TPSA) is 88.2 Å². The average Bonchev–Trinajstić information content (AvgIpc) is 3.18. The molecule has 0 radical (unpaired) electrons. The fourth-order valence-corrected chi connectivity index (χ4v) is 1.80. The number of aliphatic hydroxyl groups is 1. The lowest BCUT2D eigenvalue weighted by Gasteiger charge is -2.15. The number of alkyl halides is 3. The third kappa shape index (κ3) is 3.38. The SMILES string of the molecule is NC(=O)c1ccc(C(F)(F)F)nc1NCC(O)C1CC1. The number of nitrogens with zero attached hydrogens (tertiary/aromatic N) is 1. The monoisotopic (exact) mass is 289 g/mol. The number of rotatable bonds is 5. The van der Waals surface area contributed by atoms with Gasteiger partial charge in [-0.05, 0) is 30.9 Å². The van der Waals surface area contributed by atoms with Crippen molar-refractivity contribution in [1.29, 1.82) is 0 Å². The normalized spacial score (nSPS) is 16.8. The van der Waals surface area contributed by atoms with E-state index < -0.39 is 23.9 Å². The number of hydrogen-bond acceptors (Lipinski definition) is 4. The number of hydrogen-bond donors (Lipinski definition) is 3. The van der Waals surface area contributed by atoms with Gasteiger partial charge in [-0.15, -0.1) is 0 Å². The van der Waals surface area contributed by atoms with E-state index in [1.807, 2.05) is 0 Å². The molecule has 1 aromatic heterocycles. The van der Waals surface area contributed by atoms with E-state index in [0.717, 1.165) is 18.9 Å². The first-order valence-corrected chi connectivity index (χ1v) is 6.09. The third-order valence-electron chi connectivity index (χ3n) is 3.10. The van der Waals surface area contributed by atoms with Gasteiger partial charge < -0.3 is 16.2 Å². The molecule has 1 fully saturated rings. The van der Waals surface area contributed by atoms with Crippen molar-refractivity contribution in [1.82, 2.24) is 4.98 Å². The molecule has 0 saturated heterocycles. The fourth-order valence-electron chi connectivity index (χ4n) is 1.80. The van der Waals surface area contributed by atoms with Crippen LogP contribution in [0, 0.1) is 5.92 Å². The lowest BCUT2D eigenvalue weighted by molar-refractivity contribution is -0.141. The number of aliphatic hydroxyl groups excluding tert-OH is 1. The number of pyridine rings is 1. The molecule has 1 aliphatic carbocycles. The highest BCUT2D eigenvalue weighted by Crippen LogP contribution is 2.33. The minimum absolute atomic E-state index is 0.0270. The zero-order chi connectivity index (χ0) is 14.9. The third-order valence-corrected chi connectivity index (χ3v) is 3.10. The van der Waals surface area contributed by atoms with E-state index >= 15 is 0 Å². The number of halogens is 3. The number of nitrogens with two attached hydrogens (primary N) is 1. The molecule has 1 heterocycles. The Morgan fingerprint density at radius 3 is 2.65 bits per heavy atom. The van der Waals surface area contributed by atoms with Gasteiger partial charge in [0.05, 0.1) is 11.7 Å².